The summed E-state index contributed by atoms with van der Waals surface area (Å²) in [6, 6.07) is 45.6. The summed E-state index contributed by atoms with van der Waals surface area (Å²) in [5.41, 5.74) is 13.4. The van der Waals surface area contributed by atoms with E-state index in [4.69, 9.17) is 5.73 Å². The van der Waals surface area contributed by atoms with E-state index in [0.717, 1.165) is 11.3 Å². The molecule has 0 unspecified atom stereocenters. The van der Waals surface area contributed by atoms with Crippen molar-refractivity contribution in [2.24, 2.45) is 0 Å². The van der Waals surface area contributed by atoms with Crippen LogP contribution in [0.25, 0.3) is 11.1 Å². The lowest BCUT2D eigenvalue weighted by molar-refractivity contribution is 0.863. The molecule has 0 aliphatic rings. The summed E-state index contributed by atoms with van der Waals surface area (Å²) >= 11 is 0. The van der Waals surface area contributed by atoms with Gasteiger partial charge in [0.1, 0.15) is 0 Å². The van der Waals surface area contributed by atoms with Crippen molar-refractivity contribution < 1.29 is 0 Å². The standard InChI is InChI=1S/C39H43NS/c1-27(2)30-13-19-36(20-14-30)41(37-21-15-31(16-22-37)28(3)4,38-23-17-32(18-24-38)29(5)6)39-12-8-10-34(26-39)33-9-7-11-35(40)25-33/h7-29H,40H2,1-6H3. The predicted octanol–water partition coefficient (Wildman–Crippen LogP) is 11.6. The highest BCUT2D eigenvalue weighted by atomic mass is 32.3. The van der Waals surface area contributed by atoms with Gasteiger partial charge in [0, 0.05) is 25.3 Å². The van der Waals surface area contributed by atoms with Crippen LogP contribution in [0.4, 0.5) is 5.69 Å². The number of nitrogen functional groups attached to an aromatic ring is 1. The quantitative estimate of drug-likeness (QED) is 0.189. The van der Waals surface area contributed by atoms with Crippen molar-refractivity contribution in [2.75, 3.05) is 5.73 Å². The van der Waals surface area contributed by atoms with E-state index in [0.29, 0.717) is 17.8 Å². The summed E-state index contributed by atoms with van der Waals surface area (Å²) in [4.78, 5) is 5.37. The van der Waals surface area contributed by atoms with Gasteiger partial charge in [0.2, 0.25) is 0 Å². The molecule has 2 N–H and O–H groups in total. The molecule has 5 rings (SSSR count). The van der Waals surface area contributed by atoms with Crippen LogP contribution < -0.4 is 5.73 Å². The van der Waals surface area contributed by atoms with Crippen LogP contribution in [0.1, 0.15) is 76.0 Å². The second-order valence-corrected chi connectivity index (χ2v) is 15.0. The number of rotatable bonds is 8. The summed E-state index contributed by atoms with van der Waals surface area (Å²) in [6.07, 6.45) is 0. The van der Waals surface area contributed by atoms with Crippen molar-refractivity contribution in [2.45, 2.75) is 78.9 Å². The highest BCUT2D eigenvalue weighted by molar-refractivity contribution is 8.34. The number of nitrogens with two attached hydrogens (primary N) is 1. The third-order valence-corrected chi connectivity index (χ3v) is 12.0. The predicted molar refractivity (Wildman–Crippen MR) is 179 cm³/mol. The van der Waals surface area contributed by atoms with Gasteiger partial charge in [-0.05, 0) is 106 Å². The summed E-state index contributed by atoms with van der Waals surface area (Å²) in [6.45, 7) is 13.6. The monoisotopic (exact) mass is 557 g/mol. The highest BCUT2D eigenvalue weighted by Crippen LogP contribution is 2.73. The zero-order valence-electron chi connectivity index (χ0n) is 25.3. The molecule has 0 fully saturated rings. The first-order valence-corrected chi connectivity index (χ1v) is 16.4. The van der Waals surface area contributed by atoms with Crippen LogP contribution in [0.5, 0.6) is 0 Å². The SMILES string of the molecule is CC(C)c1ccc(S(c2ccc(C(C)C)cc2)(c2ccc(C(C)C)cc2)c2cccc(-c3cccc(N)c3)c2)cc1. The van der Waals surface area contributed by atoms with Crippen LogP contribution in [0.2, 0.25) is 0 Å². The number of anilines is 1. The molecular formula is C39H43NS. The Morgan fingerprint density at radius 1 is 0.415 bits per heavy atom. The molecule has 0 amide bonds. The van der Waals surface area contributed by atoms with E-state index >= 15 is 0 Å². The molecule has 0 saturated heterocycles. The smallest absolute Gasteiger partial charge is 0.0320 e. The lowest BCUT2D eigenvalue weighted by Crippen LogP contribution is -2.06. The van der Waals surface area contributed by atoms with Gasteiger partial charge in [-0.25, -0.2) is 0 Å². The van der Waals surface area contributed by atoms with Crippen molar-refractivity contribution in [3.05, 3.63) is 138 Å². The van der Waals surface area contributed by atoms with E-state index < -0.39 is 10.0 Å². The van der Waals surface area contributed by atoms with Gasteiger partial charge < -0.3 is 5.73 Å². The molecule has 0 aromatic heterocycles. The first-order chi connectivity index (χ1) is 19.7. The van der Waals surface area contributed by atoms with Gasteiger partial charge in [-0.3, -0.25) is 0 Å². The van der Waals surface area contributed by atoms with Gasteiger partial charge in [0.25, 0.3) is 0 Å². The minimum absolute atomic E-state index is 0.482. The van der Waals surface area contributed by atoms with Crippen molar-refractivity contribution >= 4 is 15.7 Å². The molecule has 0 atom stereocenters. The second kappa shape index (κ2) is 12.0. The molecule has 1 nitrogen and oxygen atoms in total. The largest absolute Gasteiger partial charge is 0.399 e. The zero-order valence-corrected chi connectivity index (χ0v) is 26.1. The fourth-order valence-electron chi connectivity index (χ4n) is 5.57. The molecule has 0 bridgehead atoms. The Morgan fingerprint density at radius 2 is 0.780 bits per heavy atom. The Bertz CT molecular complexity index is 1470. The van der Waals surface area contributed by atoms with Crippen LogP contribution in [-0.4, -0.2) is 0 Å². The first kappa shape index (κ1) is 28.8. The third kappa shape index (κ3) is 5.72. The minimum Gasteiger partial charge on any atom is -0.399 e. The molecule has 0 saturated carbocycles. The van der Waals surface area contributed by atoms with Crippen LogP contribution >= 0.6 is 10.0 Å². The van der Waals surface area contributed by atoms with Crippen molar-refractivity contribution in [1.29, 1.82) is 0 Å². The molecule has 0 radical (unpaired) electrons. The molecule has 0 spiro atoms. The summed E-state index contributed by atoms with van der Waals surface area (Å²) in [5, 5.41) is 0. The topological polar surface area (TPSA) is 26.0 Å². The minimum atomic E-state index is -1.81. The van der Waals surface area contributed by atoms with Crippen molar-refractivity contribution in [3.63, 3.8) is 0 Å². The fourth-order valence-corrected chi connectivity index (χ4v) is 9.42. The molecule has 2 heteroatoms. The zero-order chi connectivity index (χ0) is 29.1. The van der Waals surface area contributed by atoms with Gasteiger partial charge >= 0.3 is 0 Å². The van der Waals surface area contributed by atoms with Gasteiger partial charge in [-0.1, -0.05) is 102 Å². The van der Waals surface area contributed by atoms with Crippen LogP contribution in [0.3, 0.4) is 0 Å². The Kier molecular flexibility index (Phi) is 8.42. The molecule has 210 valence electrons. The number of hydrogen-bond acceptors (Lipinski definition) is 1. The van der Waals surface area contributed by atoms with E-state index in [-0.39, 0.29) is 0 Å². The number of benzene rings is 5. The van der Waals surface area contributed by atoms with Crippen LogP contribution in [-0.2, 0) is 0 Å². The van der Waals surface area contributed by atoms with E-state index in [1.165, 1.54) is 41.8 Å². The maximum atomic E-state index is 6.21. The number of hydrogen-bond donors (Lipinski definition) is 1. The Labute approximate surface area is 248 Å². The van der Waals surface area contributed by atoms with Gasteiger partial charge in [0.15, 0.2) is 0 Å². The first-order valence-electron chi connectivity index (χ1n) is 14.8. The third-order valence-electron chi connectivity index (χ3n) is 8.11. The molecular weight excluding hydrogens is 515 g/mol. The van der Waals surface area contributed by atoms with Crippen LogP contribution in [0, 0.1) is 0 Å². The normalized spacial score (nSPS) is 12.3. The van der Waals surface area contributed by atoms with Gasteiger partial charge in [0.05, 0.1) is 0 Å². The summed E-state index contributed by atoms with van der Waals surface area (Å²) < 4.78 is 0. The van der Waals surface area contributed by atoms with E-state index in [2.05, 4.69) is 151 Å². The van der Waals surface area contributed by atoms with E-state index in [1.807, 2.05) is 12.1 Å². The van der Waals surface area contributed by atoms with Crippen molar-refractivity contribution in [1.82, 2.24) is 0 Å². The van der Waals surface area contributed by atoms with E-state index in [9.17, 15) is 0 Å². The Morgan fingerprint density at radius 3 is 1.15 bits per heavy atom. The molecule has 0 aliphatic heterocycles. The molecule has 0 aliphatic carbocycles. The average Bonchev–Trinajstić information content (AvgIpc) is 2.98. The molecule has 5 aromatic carbocycles. The van der Waals surface area contributed by atoms with Gasteiger partial charge in [-0.15, -0.1) is 10.0 Å². The maximum absolute atomic E-state index is 6.21. The van der Waals surface area contributed by atoms with Crippen molar-refractivity contribution in [3.8, 4) is 11.1 Å². The fraction of sp³-hybridized carbons (Fsp3) is 0.231. The van der Waals surface area contributed by atoms with Gasteiger partial charge in [-0.2, -0.15) is 0 Å². The Hall–Kier alpha value is -3.75. The summed E-state index contributed by atoms with van der Waals surface area (Å²) in [7, 11) is -1.81. The molecule has 41 heavy (non-hydrogen) atoms. The lowest BCUT2D eigenvalue weighted by Gasteiger charge is -2.42. The average molecular weight is 558 g/mol. The lowest BCUT2D eigenvalue weighted by atomic mass is 10.0. The summed E-state index contributed by atoms with van der Waals surface area (Å²) in [5.74, 6) is 1.45. The van der Waals surface area contributed by atoms with E-state index in [1.54, 1.807) is 0 Å². The Balaban J connectivity index is 1.84. The molecule has 0 heterocycles. The maximum Gasteiger partial charge on any atom is 0.0320 e. The second-order valence-electron chi connectivity index (χ2n) is 11.9. The van der Waals surface area contributed by atoms with Crippen LogP contribution in [0.15, 0.2) is 141 Å². The molecule has 5 aromatic rings. The highest BCUT2D eigenvalue weighted by Gasteiger charge is 2.34.